The second-order valence-corrected chi connectivity index (χ2v) is 3.86. The van der Waals surface area contributed by atoms with E-state index < -0.39 is 0 Å². The maximum Gasteiger partial charge on any atom is 0.128 e. The number of hydrogen-bond acceptors (Lipinski definition) is 0. The average Bonchev–Trinajstić information content (AvgIpc) is 2.10. The van der Waals surface area contributed by atoms with E-state index in [4.69, 9.17) is 11.6 Å². The molecule has 0 aliphatic carbocycles. The molecule has 1 unspecified atom stereocenters. The zero-order chi connectivity index (χ0) is 10.0. The average molecular weight is 201 g/mol. The van der Waals surface area contributed by atoms with E-state index in [0.717, 1.165) is 17.5 Å². The van der Waals surface area contributed by atoms with E-state index in [2.05, 4.69) is 0 Å². The molecule has 0 nitrogen and oxygen atoms in total. The zero-order valence-electron chi connectivity index (χ0n) is 8.20. The largest absolute Gasteiger partial charge is 0.207 e. The summed E-state index contributed by atoms with van der Waals surface area (Å²) in [5, 5.41) is -0.209. The van der Waals surface area contributed by atoms with Gasteiger partial charge in [-0.3, -0.25) is 0 Å². The Morgan fingerprint density at radius 3 is 2.38 bits per heavy atom. The fourth-order valence-corrected chi connectivity index (χ4v) is 1.43. The molecule has 0 N–H and O–H groups in total. The van der Waals surface area contributed by atoms with Crippen LogP contribution >= 0.6 is 11.6 Å². The Bertz CT molecular complexity index is 307. The molecule has 13 heavy (non-hydrogen) atoms. The molecule has 0 fully saturated rings. The minimum absolute atomic E-state index is 0.190. The quantitative estimate of drug-likeness (QED) is 0.630. The van der Waals surface area contributed by atoms with Crippen LogP contribution in [0.5, 0.6) is 0 Å². The van der Waals surface area contributed by atoms with Gasteiger partial charge in [-0.25, -0.2) is 4.39 Å². The van der Waals surface area contributed by atoms with Gasteiger partial charge in [-0.1, -0.05) is 13.0 Å². The van der Waals surface area contributed by atoms with E-state index in [-0.39, 0.29) is 11.2 Å². The topological polar surface area (TPSA) is 0 Å². The van der Waals surface area contributed by atoms with Crippen molar-refractivity contribution >= 4 is 11.6 Å². The van der Waals surface area contributed by atoms with Gasteiger partial charge in [-0.2, -0.15) is 0 Å². The molecule has 0 heterocycles. The molecule has 0 spiro atoms. The summed E-state index contributed by atoms with van der Waals surface area (Å²) in [6.45, 7) is 5.82. The molecule has 0 aliphatic rings. The van der Waals surface area contributed by atoms with Crippen molar-refractivity contribution in [2.75, 3.05) is 0 Å². The van der Waals surface area contributed by atoms with Crippen molar-refractivity contribution < 1.29 is 4.39 Å². The molecule has 0 saturated carbocycles. The first-order valence-corrected chi connectivity index (χ1v) is 4.90. The molecule has 0 aliphatic heterocycles. The van der Waals surface area contributed by atoms with Crippen LogP contribution in [-0.2, 0) is 0 Å². The lowest BCUT2D eigenvalue weighted by molar-refractivity contribution is 0.602. The van der Waals surface area contributed by atoms with Crippen LogP contribution in [0.15, 0.2) is 12.1 Å². The van der Waals surface area contributed by atoms with E-state index in [0.29, 0.717) is 5.56 Å². The lowest BCUT2D eigenvalue weighted by Crippen LogP contribution is -1.96. The first-order valence-electron chi connectivity index (χ1n) is 4.47. The number of hydrogen-bond donors (Lipinski definition) is 0. The summed E-state index contributed by atoms with van der Waals surface area (Å²) in [5.74, 6) is -0.190. The second-order valence-electron chi connectivity index (χ2n) is 3.33. The van der Waals surface area contributed by atoms with Crippen molar-refractivity contribution in [3.8, 4) is 0 Å². The first-order chi connectivity index (χ1) is 6.06. The third-order valence-electron chi connectivity index (χ3n) is 2.31. The van der Waals surface area contributed by atoms with Crippen LogP contribution in [0.1, 0.15) is 35.4 Å². The van der Waals surface area contributed by atoms with Crippen LogP contribution in [0, 0.1) is 19.7 Å². The van der Waals surface area contributed by atoms with Crippen molar-refractivity contribution in [2.45, 2.75) is 32.6 Å². The fraction of sp³-hybridized carbons (Fsp3) is 0.455. The molecule has 72 valence electrons. The third kappa shape index (κ3) is 2.22. The summed E-state index contributed by atoms with van der Waals surface area (Å²) < 4.78 is 13.4. The molecule has 0 saturated heterocycles. The predicted molar refractivity (Wildman–Crippen MR) is 54.8 cm³/mol. The summed E-state index contributed by atoms with van der Waals surface area (Å²) in [6, 6.07) is 3.39. The van der Waals surface area contributed by atoms with Gasteiger partial charge in [0, 0.05) is 5.56 Å². The van der Waals surface area contributed by atoms with E-state index in [1.807, 2.05) is 26.8 Å². The Kier molecular flexibility index (Phi) is 3.32. The van der Waals surface area contributed by atoms with Gasteiger partial charge in [-0.15, -0.1) is 11.6 Å². The smallest absolute Gasteiger partial charge is 0.128 e. The Labute approximate surface area is 83.7 Å². The van der Waals surface area contributed by atoms with Gasteiger partial charge < -0.3 is 0 Å². The maximum atomic E-state index is 13.4. The van der Waals surface area contributed by atoms with Gasteiger partial charge in [0.1, 0.15) is 5.82 Å². The van der Waals surface area contributed by atoms with E-state index >= 15 is 0 Å². The molecule has 0 bridgehead atoms. The molecule has 1 atom stereocenters. The van der Waals surface area contributed by atoms with Crippen molar-refractivity contribution in [3.63, 3.8) is 0 Å². The molecule has 1 rings (SSSR count). The SMILES string of the molecule is CCC(Cl)c1cc(C)c(C)cc1F. The normalized spacial score (nSPS) is 13.0. The second kappa shape index (κ2) is 4.10. The maximum absolute atomic E-state index is 13.4. The van der Waals surface area contributed by atoms with Gasteiger partial charge in [0.15, 0.2) is 0 Å². The van der Waals surface area contributed by atoms with Crippen LogP contribution in [0.25, 0.3) is 0 Å². The summed E-state index contributed by atoms with van der Waals surface area (Å²) >= 11 is 5.98. The van der Waals surface area contributed by atoms with Crippen LogP contribution in [0.2, 0.25) is 0 Å². The van der Waals surface area contributed by atoms with E-state index in [9.17, 15) is 4.39 Å². The molecular weight excluding hydrogens is 187 g/mol. The Morgan fingerprint density at radius 1 is 1.31 bits per heavy atom. The number of benzene rings is 1. The highest BCUT2D eigenvalue weighted by atomic mass is 35.5. The van der Waals surface area contributed by atoms with Crippen LogP contribution in [0.4, 0.5) is 4.39 Å². The highest BCUT2D eigenvalue weighted by Gasteiger charge is 2.12. The molecule has 0 aromatic heterocycles. The standard InChI is InChI=1S/C11H14ClF/c1-4-10(12)9-5-7(2)8(3)6-11(9)13/h5-6,10H,4H2,1-3H3. The van der Waals surface area contributed by atoms with Gasteiger partial charge in [-0.05, 0) is 37.5 Å². The number of halogens is 2. The van der Waals surface area contributed by atoms with Crippen LogP contribution in [-0.4, -0.2) is 0 Å². The molecule has 2 heteroatoms. The predicted octanol–water partition coefficient (Wildman–Crippen LogP) is 4.13. The zero-order valence-corrected chi connectivity index (χ0v) is 8.95. The fourth-order valence-electron chi connectivity index (χ4n) is 1.26. The van der Waals surface area contributed by atoms with E-state index in [1.165, 1.54) is 0 Å². The lowest BCUT2D eigenvalue weighted by Gasteiger charge is -2.10. The van der Waals surface area contributed by atoms with Crippen molar-refractivity contribution in [1.29, 1.82) is 0 Å². The summed E-state index contributed by atoms with van der Waals surface area (Å²) in [7, 11) is 0. The lowest BCUT2D eigenvalue weighted by atomic mass is 10.0. The number of alkyl halides is 1. The molecule has 0 radical (unpaired) electrons. The van der Waals surface area contributed by atoms with Crippen molar-refractivity contribution in [3.05, 3.63) is 34.6 Å². The molecule has 1 aromatic carbocycles. The van der Waals surface area contributed by atoms with Gasteiger partial charge in [0.05, 0.1) is 5.38 Å². The molecular formula is C11H14ClF. The minimum Gasteiger partial charge on any atom is -0.207 e. The van der Waals surface area contributed by atoms with Crippen molar-refractivity contribution in [2.24, 2.45) is 0 Å². The Morgan fingerprint density at radius 2 is 1.85 bits per heavy atom. The van der Waals surface area contributed by atoms with Crippen molar-refractivity contribution in [1.82, 2.24) is 0 Å². The Hall–Kier alpha value is -0.560. The summed E-state index contributed by atoms with van der Waals surface area (Å²) in [6.07, 6.45) is 0.751. The van der Waals surface area contributed by atoms with E-state index in [1.54, 1.807) is 6.07 Å². The van der Waals surface area contributed by atoms with Crippen LogP contribution in [0.3, 0.4) is 0 Å². The third-order valence-corrected chi connectivity index (χ3v) is 2.85. The molecule has 0 amide bonds. The monoisotopic (exact) mass is 200 g/mol. The Balaban J connectivity index is 3.15. The first kappa shape index (κ1) is 10.5. The molecule has 1 aromatic rings. The number of rotatable bonds is 2. The van der Waals surface area contributed by atoms with Crippen LogP contribution < -0.4 is 0 Å². The highest BCUT2D eigenvalue weighted by molar-refractivity contribution is 6.20. The summed E-state index contributed by atoms with van der Waals surface area (Å²) in [4.78, 5) is 0. The van der Waals surface area contributed by atoms with Gasteiger partial charge in [0.25, 0.3) is 0 Å². The highest BCUT2D eigenvalue weighted by Crippen LogP contribution is 2.28. The van der Waals surface area contributed by atoms with Gasteiger partial charge in [0.2, 0.25) is 0 Å². The summed E-state index contributed by atoms with van der Waals surface area (Å²) in [5.41, 5.74) is 2.68. The van der Waals surface area contributed by atoms with Gasteiger partial charge >= 0.3 is 0 Å². The minimum atomic E-state index is -0.209. The number of aryl methyl sites for hydroxylation is 2.